The lowest BCUT2D eigenvalue weighted by Gasteiger charge is -2.20. The molecule has 2 aromatic rings. The summed E-state index contributed by atoms with van der Waals surface area (Å²) in [5.74, 6) is -0.225. The van der Waals surface area contributed by atoms with Gasteiger partial charge in [-0.1, -0.05) is 0 Å². The van der Waals surface area contributed by atoms with E-state index in [-0.39, 0.29) is 11.9 Å². The first kappa shape index (κ1) is 11.5. The molecule has 1 aromatic carbocycles. The summed E-state index contributed by atoms with van der Waals surface area (Å²) < 4.78 is 15.1. The molecule has 1 aromatic heterocycles. The van der Waals surface area contributed by atoms with Gasteiger partial charge in [0.25, 0.3) is 0 Å². The highest BCUT2D eigenvalue weighted by Crippen LogP contribution is 2.33. The summed E-state index contributed by atoms with van der Waals surface area (Å²) in [4.78, 5) is 0. The van der Waals surface area contributed by atoms with Gasteiger partial charge in [0.1, 0.15) is 5.82 Å². The van der Waals surface area contributed by atoms with Gasteiger partial charge in [-0.3, -0.25) is 0 Å². The van der Waals surface area contributed by atoms with Crippen LogP contribution in [0.5, 0.6) is 0 Å². The van der Waals surface area contributed by atoms with Gasteiger partial charge >= 0.3 is 0 Å². The number of aliphatic hydroxyl groups excluding tert-OH is 1. The van der Waals surface area contributed by atoms with Crippen LogP contribution in [0, 0.1) is 12.7 Å². The zero-order valence-electron chi connectivity index (χ0n) is 10.4. The van der Waals surface area contributed by atoms with E-state index in [1.807, 2.05) is 13.0 Å². The molecule has 0 amide bonds. The molecule has 1 N–H and O–H groups in total. The predicted molar refractivity (Wildman–Crippen MR) is 68.4 cm³/mol. The molecule has 2 nitrogen and oxygen atoms in total. The number of fused-ring (bicyclic) bond motifs is 1. The maximum Gasteiger partial charge on any atom is 0.123 e. The molecule has 18 heavy (non-hydrogen) atoms. The average molecular weight is 245 g/mol. The molecule has 0 spiro atoms. The fraction of sp³-hybridized carbons (Fsp3) is 0.333. The minimum Gasteiger partial charge on any atom is -0.388 e. The lowest BCUT2D eigenvalue weighted by Crippen LogP contribution is -2.11. The lowest BCUT2D eigenvalue weighted by atomic mass is 9.95. The van der Waals surface area contributed by atoms with Crippen molar-refractivity contribution in [3.8, 4) is 5.69 Å². The highest BCUT2D eigenvalue weighted by Gasteiger charge is 2.23. The van der Waals surface area contributed by atoms with E-state index in [0.29, 0.717) is 0 Å². The summed E-state index contributed by atoms with van der Waals surface area (Å²) in [7, 11) is 0. The van der Waals surface area contributed by atoms with Crippen LogP contribution in [0.2, 0.25) is 0 Å². The van der Waals surface area contributed by atoms with Crippen LogP contribution in [0.4, 0.5) is 4.39 Å². The summed E-state index contributed by atoms with van der Waals surface area (Å²) in [6.45, 7) is 2.02. The number of aliphatic hydroxyl groups is 1. The first-order valence-electron chi connectivity index (χ1n) is 6.32. The normalized spacial score (nSPS) is 18.7. The van der Waals surface area contributed by atoms with E-state index in [1.54, 1.807) is 12.1 Å². The Morgan fingerprint density at radius 2 is 2.00 bits per heavy atom. The Labute approximate surface area is 106 Å². The molecular formula is C15H16FNO. The van der Waals surface area contributed by atoms with Crippen LogP contribution < -0.4 is 0 Å². The second-order valence-electron chi connectivity index (χ2n) is 4.91. The SMILES string of the molecule is Cc1cc2c(n1-c1ccc(F)cc1)CCCC2O. The Kier molecular flexibility index (Phi) is 2.71. The minimum atomic E-state index is -0.353. The van der Waals surface area contributed by atoms with Gasteiger partial charge < -0.3 is 9.67 Å². The van der Waals surface area contributed by atoms with Crippen molar-refractivity contribution < 1.29 is 9.50 Å². The fourth-order valence-electron chi connectivity index (χ4n) is 2.83. The first-order valence-corrected chi connectivity index (χ1v) is 6.32. The minimum absolute atomic E-state index is 0.225. The molecule has 3 heteroatoms. The quantitative estimate of drug-likeness (QED) is 0.819. The fourth-order valence-corrected chi connectivity index (χ4v) is 2.83. The highest BCUT2D eigenvalue weighted by molar-refractivity contribution is 5.43. The molecule has 94 valence electrons. The topological polar surface area (TPSA) is 25.2 Å². The summed E-state index contributed by atoms with van der Waals surface area (Å²) in [6, 6.07) is 8.55. The van der Waals surface area contributed by atoms with Gasteiger partial charge in [-0.2, -0.15) is 0 Å². The van der Waals surface area contributed by atoms with Crippen LogP contribution in [0.1, 0.15) is 35.9 Å². The molecule has 0 saturated heterocycles. The van der Waals surface area contributed by atoms with E-state index < -0.39 is 0 Å². The van der Waals surface area contributed by atoms with Gasteiger partial charge in [0.05, 0.1) is 6.10 Å². The van der Waals surface area contributed by atoms with E-state index in [0.717, 1.165) is 41.9 Å². The number of hydrogen-bond acceptors (Lipinski definition) is 1. The molecule has 0 bridgehead atoms. The molecule has 1 aliphatic carbocycles. The van der Waals surface area contributed by atoms with Gasteiger partial charge in [0.15, 0.2) is 0 Å². The van der Waals surface area contributed by atoms with Gasteiger partial charge in [-0.05, 0) is 56.5 Å². The maximum atomic E-state index is 13.0. The molecular weight excluding hydrogens is 229 g/mol. The number of rotatable bonds is 1. The number of nitrogens with zero attached hydrogens (tertiary/aromatic N) is 1. The smallest absolute Gasteiger partial charge is 0.123 e. The summed E-state index contributed by atoms with van der Waals surface area (Å²) in [5.41, 5.74) is 4.25. The molecule has 1 atom stereocenters. The van der Waals surface area contributed by atoms with Gasteiger partial charge in [-0.15, -0.1) is 0 Å². The predicted octanol–water partition coefficient (Wildman–Crippen LogP) is 3.29. The molecule has 0 fully saturated rings. The van der Waals surface area contributed by atoms with Crippen molar-refractivity contribution in [1.29, 1.82) is 0 Å². The summed E-state index contributed by atoms with van der Waals surface area (Å²) >= 11 is 0. The van der Waals surface area contributed by atoms with Gasteiger partial charge in [0, 0.05) is 22.6 Å². The Bertz CT molecular complexity index is 571. The van der Waals surface area contributed by atoms with Crippen LogP contribution in [0.3, 0.4) is 0 Å². The zero-order chi connectivity index (χ0) is 12.7. The van der Waals surface area contributed by atoms with Crippen molar-refractivity contribution in [3.63, 3.8) is 0 Å². The Balaban J connectivity index is 2.15. The molecule has 1 aliphatic rings. The van der Waals surface area contributed by atoms with E-state index in [2.05, 4.69) is 4.57 Å². The number of hydrogen-bond donors (Lipinski definition) is 1. The summed E-state index contributed by atoms with van der Waals surface area (Å²) in [6.07, 6.45) is 2.45. The summed E-state index contributed by atoms with van der Waals surface area (Å²) in [5, 5.41) is 10.0. The first-order chi connectivity index (χ1) is 8.66. The number of aryl methyl sites for hydroxylation is 1. The van der Waals surface area contributed by atoms with E-state index in [9.17, 15) is 9.50 Å². The van der Waals surface area contributed by atoms with Gasteiger partial charge in [-0.25, -0.2) is 4.39 Å². The molecule has 0 aliphatic heterocycles. The van der Waals surface area contributed by atoms with Crippen molar-refractivity contribution in [2.24, 2.45) is 0 Å². The third-order valence-corrected chi connectivity index (χ3v) is 3.66. The van der Waals surface area contributed by atoms with Gasteiger partial charge in [0.2, 0.25) is 0 Å². The maximum absolute atomic E-state index is 13.0. The van der Waals surface area contributed by atoms with Crippen molar-refractivity contribution in [3.05, 3.63) is 53.1 Å². The number of aromatic nitrogens is 1. The molecule has 0 saturated carbocycles. The third kappa shape index (κ3) is 1.75. The van der Waals surface area contributed by atoms with Crippen LogP contribution in [0.15, 0.2) is 30.3 Å². The van der Waals surface area contributed by atoms with Crippen LogP contribution in [-0.4, -0.2) is 9.67 Å². The van der Waals surface area contributed by atoms with E-state index in [1.165, 1.54) is 12.1 Å². The Morgan fingerprint density at radius 1 is 1.28 bits per heavy atom. The van der Waals surface area contributed by atoms with Crippen LogP contribution in [-0.2, 0) is 6.42 Å². The van der Waals surface area contributed by atoms with Crippen LogP contribution >= 0.6 is 0 Å². The van der Waals surface area contributed by atoms with Crippen LogP contribution in [0.25, 0.3) is 5.69 Å². The average Bonchev–Trinajstić information content (AvgIpc) is 2.69. The second-order valence-corrected chi connectivity index (χ2v) is 4.91. The highest BCUT2D eigenvalue weighted by atomic mass is 19.1. The Hall–Kier alpha value is -1.61. The molecule has 1 heterocycles. The second kappa shape index (κ2) is 4.25. The zero-order valence-corrected chi connectivity index (χ0v) is 10.4. The Morgan fingerprint density at radius 3 is 2.72 bits per heavy atom. The third-order valence-electron chi connectivity index (χ3n) is 3.66. The molecule has 1 unspecified atom stereocenters. The number of halogens is 1. The van der Waals surface area contributed by atoms with Crippen molar-refractivity contribution >= 4 is 0 Å². The number of benzene rings is 1. The van der Waals surface area contributed by atoms with Crippen molar-refractivity contribution in [1.82, 2.24) is 4.57 Å². The van der Waals surface area contributed by atoms with E-state index >= 15 is 0 Å². The lowest BCUT2D eigenvalue weighted by molar-refractivity contribution is 0.156. The monoisotopic (exact) mass is 245 g/mol. The van der Waals surface area contributed by atoms with E-state index in [4.69, 9.17) is 0 Å². The molecule has 0 radical (unpaired) electrons. The van der Waals surface area contributed by atoms with Crippen molar-refractivity contribution in [2.45, 2.75) is 32.3 Å². The molecule has 3 rings (SSSR count). The van der Waals surface area contributed by atoms with Crippen molar-refractivity contribution in [2.75, 3.05) is 0 Å². The standard InChI is InChI=1S/C15H16FNO/c1-10-9-13-14(3-2-4-15(13)18)17(10)12-7-5-11(16)6-8-12/h5-9,15,18H,2-4H2,1H3. The largest absolute Gasteiger partial charge is 0.388 e.